The average molecular weight is 302 g/mol. The molecule has 0 aliphatic heterocycles. The van der Waals surface area contributed by atoms with E-state index in [1.807, 2.05) is 6.92 Å². The molecule has 0 fully saturated rings. The highest BCUT2D eigenvalue weighted by Crippen LogP contribution is 1.95. The highest BCUT2D eigenvalue weighted by Gasteiger charge is 2.15. The summed E-state index contributed by atoms with van der Waals surface area (Å²) in [5, 5.41) is 2.48. The predicted octanol–water partition coefficient (Wildman–Crippen LogP) is 0.159. The van der Waals surface area contributed by atoms with Gasteiger partial charge in [0.15, 0.2) is 0 Å². The number of rotatable bonds is 13. The Hall–Kier alpha value is -1.47. The smallest absolute Gasteiger partial charge is 0.246 e. The Balaban J connectivity index is 3.48. The van der Waals surface area contributed by atoms with Crippen molar-refractivity contribution in [2.45, 2.75) is 45.6 Å². The van der Waals surface area contributed by atoms with Gasteiger partial charge < -0.3 is 20.5 Å². The fourth-order valence-corrected chi connectivity index (χ4v) is 1.54. The third-order valence-electron chi connectivity index (χ3n) is 2.83. The normalized spacial score (nSPS) is 11.9. The Kier molecular flexibility index (Phi) is 11.4. The first kappa shape index (κ1) is 19.5. The van der Waals surface area contributed by atoms with Crippen LogP contribution in [0.5, 0.6) is 0 Å². The minimum atomic E-state index is -0.659. The molecule has 0 aromatic heterocycles. The minimum absolute atomic E-state index is 0.137. The Morgan fingerprint density at radius 2 is 1.76 bits per heavy atom. The summed E-state index contributed by atoms with van der Waals surface area (Å²) in [4.78, 5) is 33.4. The zero-order valence-electron chi connectivity index (χ0n) is 12.9. The van der Waals surface area contributed by atoms with Crippen LogP contribution in [0.3, 0.4) is 0 Å². The van der Waals surface area contributed by atoms with Gasteiger partial charge in [-0.3, -0.25) is 14.4 Å². The number of ether oxygens (including phenoxy) is 2. The molecular formula is C14H26N2O5. The average Bonchev–Trinajstić information content (AvgIpc) is 2.46. The van der Waals surface area contributed by atoms with Crippen molar-refractivity contribution in [1.29, 1.82) is 0 Å². The van der Waals surface area contributed by atoms with Gasteiger partial charge in [0.1, 0.15) is 18.4 Å². The van der Waals surface area contributed by atoms with Crippen LogP contribution in [0.1, 0.15) is 39.5 Å². The molecule has 2 amide bonds. The topological polar surface area (TPSA) is 108 Å². The Morgan fingerprint density at radius 1 is 1.10 bits per heavy atom. The second kappa shape index (κ2) is 12.3. The summed E-state index contributed by atoms with van der Waals surface area (Å²) in [5.74, 6) is -0.712. The van der Waals surface area contributed by atoms with E-state index in [1.165, 1.54) is 0 Å². The lowest BCUT2D eigenvalue weighted by atomic mass is 10.2. The van der Waals surface area contributed by atoms with Crippen molar-refractivity contribution in [3.05, 3.63) is 0 Å². The van der Waals surface area contributed by atoms with E-state index < -0.39 is 11.9 Å². The van der Waals surface area contributed by atoms with Crippen molar-refractivity contribution in [3.63, 3.8) is 0 Å². The highest BCUT2D eigenvalue weighted by atomic mass is 16.5. The zero-order valence-corrected chi connectivity index (χ0v) is 12.9. The molecule has 0 rings (SSSR count). The molecule has 0 aliphatic carbocycles. The van der Waals surface area contributed by atoms with Gasteiger partial charge in [-0.05, 0) is 12.8 Å². The number of carbonyl (C=O) groups is 3. The maximum absolute atomic E-state index is 11.4. The van der Waals surface area contributed by atoms with E-state index in [-0.39, 0.29) is 24.9 Å². The molecule has 0 aromatic rings. The Morgan fingerprint density at radius 3 is 2.33 bits per heavy atom. The van der Waals surface area contributed by atoms with Crippen LogP contribution >= 0.6 is 0 Å². The second-order valence-corrected chi connectivity index (χ2v) is 4.59. The highest BCUT2D eigenvalue weighted by molar-refractivity contribution is 5.86. The first-order valence-electron chi connectivity index (χ1n) is 7.27. The summed E-state index contributed by atoms with van der Waals surface area (Å²) >= 11 is 0. The molecule has 0 saturated carbocycles. The summed E-state index contributed by atoms with van der Waals surface area (Å²) in [6, 6.07) is -0.659. The molecule has 0 unspecified atom stereocenters. The predicted molar refractivity (Wildman–Crippen MR) is 77.6 cm³/mol. The molecule has 7 nitrogen and oxygen atoms in total. The Labute approximate surface area is 125 Å². The number of carbonyl (C=O) groups excluding carboxylic acids is 3. The molecule has 21 heavy (non-hydrogen) atoms. The van der Waals surface area contributed by atoms with E-state index in [2.05, 4.69) is 5.32 Å². The number of hydrogen-bond acceptors (Lipinski definition) is 5. The van der Waals surface area contributed by atoms with Gasteiger partial charge in [0.2, 0.25) is 11.8 Å². The standard InChI is InChI=1S/C14H26N2O5/c1-3-11(17)6-5-7-20-8-9-21-10-13(18)16-12(4-2)14(15)19/h12H,3-10H2,1-2H3,(H2,15,19)(H,16,18)/t12-/m0/s1. The van der Waals surface area contributed by atoms with Crippen LogP contribution in [0.4, 0.5) is 0 Å². The lowest BCUT2D eigenvalue weighted by Crippen LogP contribution is -2.45. The number of amides is 2. The molecular weight excluding hydrogens is 276 g/mol. The number of primary amides is 1. The zero-order chi connectivity index (χ0) is 16.1. The van der Waals surface area contributed by atoms with Gasteiger partial charge in [-0.1, -0.05) is 13.8 Å². The number of nitrogens with one attached hydrogen (secondary N) is 1. The van der Waals surface area contributed by atoms with E-state index in [1.54, 1.807) is 6.92 Å². The van der Waals surface area contributed by atoms with E-state index in [9.17, 15) is 14.4 Å². The molecule has 0 radical (unpaired) electrons. The minimum Gasteiger partial charge on any atom is -0.379 e. The van der Waals surface area contributed by atoms with Crippen LogP contribution in [-0.2, 0) is 23.9 Å². The summed E-state index contributed by atoms with van der Waals surface area (Å²) in [6.45, 7) is 4.60. The molecule has 0 aromatic carbocycles. The SMILES string of the molecule is CCC(=O)CCCOCCOCC(=O)N[C@@H](CC)C(N)=O. The fourth-order valence-electron chi connectivity index (χ4n) is 1.54. The molecule has 0 saturated heterocycles. The van der Waals surface area contributed by atoms with Crippen molar-refractivity contribution >= 4 is 17.6 Å². The first-order chi connectivity index (χ1) is 10.0. The lowest BCUT2D eigenvalue weighted by Gasteiger charge is -2.13. The van der Waals surface area contributed by atoms with Gasteiger partial charge in [0, 0.05) is 19.4 Å². The molecule has 0 heterocycles. The molecule has 3 N–H and O–H groups in total. The van der Waals surface area contributed by atoms with Gasteiger partial charge in [-0.25, -0.2) is 0 Å². The summed E-state index contributed by atoms with van der Waals surface area (Å²) in [7, 11) is 0. The van der Waals surface area contributed by atoms with Gasteiger partial charge in [0.05, 0.1) is 13.2 Å². The van der Waals surface area contributed by atoms with Gasteiger partial charge >= 0.3 is 0 Å². The van der Waals surface area contributed by atoms with E-state index in [4.69, 9.17) is 15.2 Å². The van der Waals surface area contributed by atoms with Crippen LogP contribution in [0.15, 0.2) is 0 Å². The molecule has 7 heteroatoms. The van der Waals surface area contributed by atoms with E-state index >= 15 is 0 Å². The van der Waals surface area contributed by atoms with Crippen molar-refractivity contribution in [2.24, 2.45) is 5.73 Å². The first-order valence-corrected chi connectivity index (χ1v) is 7.27. The van der Waals surface area contributed by atoms with E-state index in [0.29, 0.717) is 38.9 Å². The molecule has 0 aliphatic rings. The van der Waals surface area contributed by atoms with Crippen LogP contribution in [0.25, 0.3) is 0 Å². The van der Waals surface area contributed by atoms with Crippen LogP contribution in [0, 0.1) is 0 Å². The third-order valence-corrected chi connectivity index (χ3v) is 2.83. The second-order valence-electron chi connectivity index (χ2n) is 4.59. The van der Waals surface area contributed by atoms with Gasteiger partial charge in [-0.2, -0.15) is 0 Å². The number of hydrogen-bond donors (Lipinski definition) is 2. The van der Waals surface area contributed by atoms with Crippen LogP contribution in [0.2, 0.25) is 0 Å². The van der Waals surface area contributed by atoms with Crippen molar-refractivity contribution < 1.29 is 23.9 Å². The molecule has 122 valence electrons. The summed E-state index contributed by atoms with van der Waals surface area (Å²) < 4.78 is 10.4. The molecule has 1 atom stereocenters. The fraction of sp³-hybridized carbons (Fsp3) is 0.786. The van der Waals surface area contributed by atoms with Crippen LogP contribution < -0.4 is 11.1 Å². The largest absolute Gasteiger partial charge is 0.379 e. The van der Waals surface area contributed by atoms with Crippen LogP contribution in [-0.4, -0.2) is 50.1 Å². The third kappa shape index (κ3) is 10.9. The maximum Gasteiger partial charge on any atom is 0.246 e. The quantitative estimate of drug-likeness (QED) is 0.471. The van der Waals surface area contributed by atoms with Crippen molar-refractivity contribution in [2.75, 3.05) is 26.4 Å². The van der Waals surface area contributed by atoms with Gasteiger partial charge in [-0.15, -0.1) is 0 Å². The lowest BCUT2D eigenvalue weighted by molar-refractivity contribution is -0.130. The van der Waals surface area contributed by atoms with Gasteiger partial charge in [0.25, 0.3) is 0 Å². The summed E-state index contributed by atoms with van der Waals surface area (Å²) in [5.41, 5.74) is 5.11. The van der Waals surface area contributed by atoms with E-state index in [0.717, 1.165) is 0 Å². The number of ketones is 1. The van der Waals surface area contributed by atoms with Crippen molar-refractivity contribution in [3.8, 4) is 0 Å². The summed E-state index contributed by atoms with van der Waals surface area (Å²) in [6.07, 6.45) is 2.23. The molecule has 0 bridgehead atoms. The number of Topliss-reactive ketones (excluding diaryl/α,β-unsaturated/α-hetero) is 1. The number of nitrogens with two attached hydrogens (primary N) is 1. The van der Waals surface area contributed by atoms with Crippen molar-refractivity contribution in [1.82, 2.24) is 5.32 Å². The maximum atomic E-state index is 11.4. The Bertz CT molecular complexity index is 333. The monoisotopic (exact) mass is 302 g/mol. The molecule has 0 spiro atoms.